The Kier molecular flexibility index (Phi) is 4.13. The van der Waals surface area contributed by atoms with Crippen LogP contribution in [0.15, 0.2) is 30.9 Å². The zero-order chi connectivity index (χ0) is 20.0. The molecule has 9 heteroatoms. The minimum absolute atomic E-state index is 0.238. The molecule has 0 saturated heterocycles. The second-order valence-electron chi connectivity index (χ2n) is 7.88. The minimum Gasteiger partial charge on any atom is -0.480 e. The molecule has 4 heterocycles. The van der Waals surface area contributed by atoms with Gasteiger partial charge in [-0.15, -0.1) is 0 Å². The summed E-state index contributed by atoms with van der Waals surface area (Å²) in [5.74, 6) is 1.04. The van der Waals surface area contributed by atoms with Crippen LogP contribution in [0, 0.1) is 0 Å². The lowest BCUT2D eigenvalue weighted by Crippen LogP contribution is -2.36. The third-order valence-corrected chi connectivity index (χ3v) is 5.68. The molecule has 1 aliphatic carbocycles. The normalized spacial score (nSPS) is 22.2. The Hall–Kier alpha value is -3.20. The lowest BCUT2D eigenvalue weighted by Gasteiger charge is -2.33. The molecular weight excluding hydrogens is 370 g/mol. The van der Waals surface area contributed by atoms with Gasteiger partial charge in [0.15, 0.2) is 5.65 Å². The Balaban J connectivity index is 1.49. The fourth-order valence-electron chi connectivity index (χ4n) is 3.99. The smallest absolute Gasteiger partial charge is 0.228 e. The van der Waals surface area contributed by atoms with E-state index in [1.165, 1.54) is 6.33 Å². The monoisotopic (exact) mass is 393 g/mol. The average Bonchev–Trinajstić information content (AvgIpc) is 3.35. The van der Waals surface area contributed by atoms with Gasteiger partial charge in [-0.05, 0) is 50.3 Å². The lowest BCUT2D eigenvalue weighted by molar-refractivity contribution is 0.0195. The van der Waals surface area contributed by atoms with E-state index in [9.17, 15) is 5.11 Å². The second-order valence-corrected chi connectivity index (χ2v) is 7.88. The number of methoxy groups -OCH3 is 1. The van der Waals surface area contributed by atoms with Crippen molar-refractivity contribution in [3.8, 4) is 17.0 Å². The van der Waals surface area contributed by atoms with E-state index in [4.69, 9.17) is 4.74 Å². The number of nitrogens with one attached hydrogen (secondary N) is 2. The van der Waals surface area contributed by atoms with Crippen LogP contribution in [0.3, 0.4) is 0 Å². The summed E-state index contributed by atoms with van der Waals surface area (Å²) < 4.78 is 7.32. The number of pyridine rings is 1. The maximum atomic E-state index is 10.2. The number of H-pyrrole nitrogens is 1. The number of aliphatic hydroxyl groups is 1. The van der Waals surface area contributed by atoms with Crippen LogP contribution in [0.4, 0.5) is 5.95 Å². The molecule has 29 heavy (non-hydrogen) atoms. The number of hydrogen-bond acceptors (Lipinski definition) is 7. The molecule has 0 bridgehead atoms. The molecule has 1 aliphatic rings. The van der Waals surface area contributed by atoms with E-state index in [0.29, 0.717) is 17.5 Å². The lowest BCUT2D eigenvalue weighted by atomic mass is 9.84. The summed E-state index contributed by atoms with van der Waals surface area (Å²) in [7, 11) is 1.61. The van der Waals surface area contributed by atoms with Gasteiger partial charge in [0.1, 0.15) is 12.0 Å². The van der Waals surface area contributed by atoms with Gasteiger partial charge in [-0.3, -0.25) is 0 Å². The number of aromatic amines is 1. The van der Waals surface area contributed by atoms with Crippen molar-refractivity contribution in [2.75, 3.05) is 12.4 Å². The van der Waals surface area contributed by atoms with Crippen LogP contribution in [0.2, 0.25) is 0 Å². The van der Waals surface area contributed by atoms with Gasteiger partial charge in [0.2, 0.25) is 11.8 Å². The van der Waals surface area contributed by atoms with Crippen molar-refractivity contribution < 1.29 is 9.84 Å². The minimum atomic E-state index is -0.569. The van der Waals surface area contributed by atoms with E-state index >= 15 is 0 Å². The third kappa shape index (κ3) is 3.27. The molecule has 0 unspecified atom stereocenters. The van der Waals surface area contributed by atoms with E-state index in [-0.39, 0.29) is 6.04 Å². The predicted octanol–water partition coefficient (Wildman–Crippen LogP) is 2.78. The van der Waals surface area contributed by atoms with Gasteiger partial charge in [-0.25, -0.2) is 9.50 Å². The Morgan fingerprint density at radius 1 is 1.31 bits per heavy atom. The molecule has 150 valence electrons. The highest BCUT2D eigenvalue weighted by Gasteiger charge is 2.29. The summed E-state index contributed by atoms with van der Waals surface area (Å²) >= 11 is 0. The number of rotatable bonds is 4. The van der Waals surface area contributed by atoms with E-state index in [1.807, 2.05) is 31.5 Å². The molecule has 0 aromatic carbocycles. The van der Waals surface area contributed by atoms with Crippen LogP contribution < -0.4 is 10.1 Å². The Bertz CT molecular complexity index is 1170. The van der Waals surface area contributed by atoms with Gasteiger partial charge < -0.3 is 20.1 Å². The van der Waals surface area contributed by atoms with E-state index < -0.39 is 5.60 Å². The highest BCUT2D eigenvalue weighted by Crippen LogP contribution is 2.35. The molecule has 0 radical (unpaired) electrons. The quantitative estimate of drug-likeness (QED) is 0.488. The Morgan fingerprint density at radius 3 is 2.93 bits per heavy atom. The first kappa shape index (κ1) is 17.9. The molecule has 1 saturated carbocycles. The number of hydrogen-bond donors (Lipinski definition) is 3. The maximum absolute atomic E-state index is 10.2. The van der Waals surface area contributed by atoms with Crippen LogP contribution in [0.25, 0.3) is 27.8 Å². The highest BCUT2D eigenvalue weighted by atomic mass is 16.5. The third-order valence-electron chi connectivity index (χ3n) is 5.68. The molecule has 4 aromatic heterocycles. The zero-order valence-electron chi connectivity index (χ0n) is 16.4. The zero-order valence-corrected chi connectivity index (χ0v) is 16.4. The molecule has 0 spiro atoms. The summed E-state index contributed by atoms with van der Waals surface area (Å²) in [6.07, 6.45) is 8.60. The van der Waals surface area contributed by atoms with Crippen molar-refractivity contribution in [2.45, 2.75) is 44.2 Å². The average molecular weight is 393 g/mol. The standard InChI is InChI=1S/C20H23N7O2/c1-20(28)6-3-13(4-7-20)24-19-25-17-16(18(26-19)29-2)14(10-21-17)12-5-8-27-15(9-12)22-11-23-27/h5,8-11,13,28H,3-4,6-7H2,1-2H3,(H2,21,24,25,26)/t13-,20+. The number of nitrogens with zero attached hydrogens (tertiary/aromatic N) is 5. The van der Waals surface area contributed by atoms with Crippen LogP contribution in [0.1, 0.15) is 32.6 Å². The fraction of sp³-hybridized carbons (Fsp3) is 0.400. The topological polar surface area (TPSA) is 113 Å². The van der Waals surface area contributed by atoms with Crippen molar-refractivity contribution in [3.63, 3.8) is 0 Å². The largest absolute Gasteiger partial charge is 0.480 e. The second kappa shape index (κ2) is 6.70. The SMILES string of the molecule is COc1nc(N[C@H]2CC[C@@](C)(O)CC2)nc2[nH]cc(-c3ccn4ncnc4c3)c12. The van der Waals surface area contributed by atoms with Crippen molar-refractivity contribution >= 4 is 22.6 Å². The summed E-state index contributed by atoms with van der Waals surface area (Å²) in [5.41, 5.74) is 2.83. The number of fused-ring (bicyclic) bond motifs is 2. The van der Waals surface area contributed by atoms with Gasteiger partial charge in [-0.1, -0.05) is 0 Å². The van der Waals surface area contributed by atoms with Crippen LogP contribution >= 0.6 is 0 Å². The summed E-state index contributed by atoms with van der Waals surface area (Å²) in [4.78, 5) is 16.8. The molecule has 0 atom stereocenters. The van der Waals surface area contributed by atoms with Gasteiger partial charge in [0, 0.05) is 24.0 Å². The van der Waals surface area contributed by atoms with Gasteiger partial charge in [0.25, 0.3) is 0 Å². The Morgan fingerprint density at radius 2 is 2.14 bits per heavy atom. The maximum Gasteiger partial charge on any atom is 0.228 e. The Labute approximate surface area is 167 Å². The van der Waals surface area contributed by atoms with Crippen LogP contribution in [-0.4, -0.2) is 53.4 Å². The fourth-order valence-corrected chi connectivity index (χ4v) is 3.99. The molecule has 9 nitrogen and oxygen atoms in total. The van der Waals surface area contributed by atoms with Crippen molar-refractivity contribution in [3.05, 3.63) is 30.9 Å². The van der Waals surface area contributed by atoms with E-state index in [1.54, 1.807) is 11.6 Å². The highest BCUT2D eigenvalue weighted by molar-refractivity contribution is 5.98. The number of ether oxygens (including phenoxy) is 1. The van der Waals surface area contributed by atoms with Crippen LogP contribution in [0.5, 0.6) is 5.88 Å². The van der Waals surface area contributed by atoms with Gasteiger partial charge >= 0.3 is 0 Å². The number of anilines is 1. The molecule has 0 amide bonds. The first-order valence-corrected chi connectivity index (χ1v) is 9.74. The van der Waals surface area contributed by atoms with Gasteiger partial charge in [-0.2, -0.15) is 15.1 Å². The molecule has 1 fully saturated rings. The predicted molar refractivity (Wildman–Crippen MR) is 109 cm³/mol. The van der Waals surface area contributed by atoms with Crippen molar-refractivity contribution in [2.24, 2.45) is 0 Å². The van der Waals surface area contributed by atoms with Crippen molar-refractivity contribution in [1.82, 2.24) is 29.5 Å². The molecule has 4 aromatic rings. The summed E-state index contributed by atoms with van der Waals surface area (Å²) in [6.45, 7) is 1.89. The summed E-state index contributed by atoms with van der Waals surface area (Å²) in [6, 6.07) is 4.18. The molecule has 0 aliphatic heterocycles. The van der Waals surface area contributed by atoms with E-state index in [2.05, 4.69) is 30.4 Å². The number of aromatic nitrogens is 6. The first-order chi connectivity index (χ1) is 14.0. The van der Waals surface area contributed by atoms with E-state index in [0.717, 1.165) is 47.8 Å². The summed E-state index contributed by atoms with van der Waals surface area (Å²) in [5, 5.41) is 18.5. The van der Waals surface area contributed by atoms with Crippen molar-refractivity contribution in [1.29, 1.82) is 0 Å². The van der Waals surface area contributed by atoms with Crippen LogP contribution in [-0.2, 0) is 0 Å². The van der Waals surface area contributed by atoms with Gasteiger partial charge in [0.05, 0.1) is 18.1 Å². The molecule has 3 N–H and O–H groups in total. The molecule has 5 rings (SSSR count). The molecular formula is C20H23N7O2. The first-order valence-electron chi connectivity index (χ1n) is 9.74.